The number of hydrogen-bond donors (Lipinski definition) is 2. The van der Waals surface area contributed by atoms with E-state index in [0.29, 0.717) is 22.5 Å². The molecule has 3 rings (SSSR count). The van der Waals surface area contributed by atoms with Crippen LogP contribution in [-0.2, 0) is 6.54 Å². The summed E-state index contributed by atoms with van der Waals surface area (Å²) < 4.78 is 5.17. The van der Waals surface area contributed by atoms with Gasteiger partial charge in [0.2, 0.25) is 5.95 Å². The number of urea groups is 1. The van der Waals surface area contributed by atoms with Gasteiger partial charge in [0.05, 0.1) is 13.7 Å². The van der Waals surface area contributed by atoms with E-state index in [1.165, 1.54) is 13.5 Å². The van der Waals surface area contributed by atoms with Crippen molar-refractivity contribution >= 4 is 29.3 Å². The van der Waals surface area contributed by atoms with Crippen molar-refractivity contribution in [2.45, 2.75) is 25.8 Å². The van der Waals surface area contributed by atoms with E-state index >= 15 is 0 Å². The molecular weight excluding hydrogens is 356 g/mol. The molecule has 1 aliphatic heterocycles. The molecule has 1 aliphatic rings. The molecule has 138 valence electrons. The van der Waals surface area contributed by atoms with Crippen LogP contribution in [0.25, 0.3) is 0 Å². The van der Waals surface area contributed by atoms with Crippen LogP contribution < -0.4 is 20.3 Å². The first-order valence-corrected chi connectivity index (χ1v) is 8.86. The number of rotatable bonds is 5. The maximum Gasteiger partial charge on any atom is 0.321 e. The number of amides is 2. The summed E-state index contributed by atoms with van der Waals surface area (Å²) in [6.07, 6.45) is 3.45. The highest BCUT2D eigenvalue weighted by Crippen LogP contribution is 2.18. The molecule has 2 aromatic rings. The Morgan fingerprint density at radius 2 is 2.04 bits per heavy atom. The number of methoxy groups -OCH3 is 1. The van der Waals surface area contributed by atoms with Gasteiger partial charge < -0.3 is 20.3 Å². The average molecular weight is 377 g/mol. The summed E-state index contributed by atoms with van der Waals surface area (Å²) in [4.78, 5) is 27.2. The van der Waals surface area contributed by atoms with Crippen LogP contribution in [0.1, 0.15) is 25.1 Å². The van der Waals surface area contributed by atoms with Gasteiger partial charge in [-0.1, -0.05) is 17.7 Å². The van der Waals surface area contributed by atoms with Crippen molar-refractivity contribution in [3.63, 3.8) is 0 Å². The Kier molecular flexibility index (Phi) is 6.06. The number of nitrogens with one attached hydrogen (secondary N) is 2. The number of anilines is 2. The van der Waals surface area contributed by atoms with Gasteiger partial charge in [0.25, 0.3) is 0 Å². The third kappa shape index (κ3) is 4.95. The van der Waals surface area contributed by atoms with Crippen LogP contribution in [0.4, 0.5) is 16.4 Å². The van der Waals surface area contributed by atoms with Crippen LogP contribution in [0.2, 0.25) is 5.02 Å². The van der Waals surface area contributed by atoms with E-state index in [-0.39, 0.29) is 18.6 Å². The second-order valence-electron chi connectivity index (χ2n) is 5.90. The predicted molar refractivity (Wildman–Crippen MR) is 99.8 cm³/mol. The molecule has 2 heterocycles. The first kappa shape index (κ1) is 18.2. The fraction of sp³-hybridized carbons (Fsp3) is 0.412. The maximum atomic E-state index is 12.1. The Morgan fingerprint density at radius 3 is 2.77 bits per heavy atom. The van der Waals surface area contributed by atoms with Gasteiger partial charge in [-0.15, -0.1) is 0 Å². The molecule has 0 bridgehead atoms. The summed E-state index contributed by atoms with van der Waals surface area (Å²) in [6.45, 7) is 1.98. The summed E-state index contributed by atoms with van der Waals surface area (Å²) in [6, 6.07) is 6.80. The highest BCUT2D eigenvalue weighted by Gasteiger charge is 2.16. The minimum Gasteiger partial charge on any atom is -0.467 e. The summed E-state index contributed by atoms with van der Waals surface area (Å²) in [5.74, 6) is 1.03. The number of hydrogen-bond acceptors (Lipinski definition) is 6. The molecule has 0 saturated carbocycles. The Morgan fingerprint density at radius 1 is 1.23 bits per heavy atom. The molecule has 1 saturated heterocycles. The largest absolute Gasteiger partial charge is 0.467 e. The molecule has 9 heteroatoms. The van der Waals surface area contributed by atoms with Crippen LogP contribution in [0.15, 0.2) is 24.3 Å². The normalized spacial score (nSPS) is 14.0. The lowest BCUT2D eigenvalue weighted by Crippen LogP contribution is -2.32. The number of carbonyl (C=O) groups is 1. The van der Waals surface area contributed by atoms with Crippen molar-refractivity contribution in [2.24, 2.45) is 0 Å². The average Bonchev–Trinajstić information content (AvgIpc) is 2.67. The van der Waals surface area contributed by atoms with Crippen molar-refractivity contribution in [3.8, 4) is 6.01 Å². The number of ether oxygens (including phenoxy) is 1. The quantitative estimate of drug-likeness (QED) is 0.833. The van der Waals surface area contributed by atoms with E-state index in [1.54, 1.807) is 24.3 Å². The van der Waals surface area contributed by atoms with Gasteiger partial charge in [-0.25, -0.2) is 4.79 Å². The van der Waals surface area contributed by atoms with Gasteiger partial charge in [-0.2, -0.15) is 15.0 Å². The SMILES string of the molecule is COc1nc(CNC(=O)Nc2cccc(Cl)c2)nc(N2CCCCC2)n1. The molecule has 1 aromatic heterocycles. The van der Waals surface area contributed by atoms with Crippen LogP contribution in [0, 0.1) is 0 Å². The van der Waals surface area contributed by atoms with E-state index in [2.05, 4.69) is 30.5 Å². The minimum atomic E-state index is -0.369. The maximum absolute atomic E-state index is 12.1. The Labute approximate surface area is 156 Å². The smallest absolute Gasteiger partial charge is 0.321 e. The molecule has 1 fully saturated rings. The number of carbonyl (C=O) groups excluding carboxylic acids is 1. The molecule has 0 unspecified atom stereocenters. The monoisotopic (exact) mass is 376 g/mol. The lowest BCUT2D eigenvalue weighted by Gasteiger charge is -2.26. The first-order chi connectivity index (χ1) is 12.6. The molecule has 2 amide bonds. The van der Waals surface area contributed by atoms with Crippen molar-refractivity contribution < 1.29 is 9.53 Å². The Balaban J connectivity index is 1.63. The third-order valence-corrected chi connectivity index (χ3v) is 4.20. The summed E-state index contributed by atoms with van der Waals surface area (Å²) in [5.41, 5.74) is 0.609. The van der Waals surface area contributed by atoms with Crippen LogP contribution in [0.3, 0.4) is 0 Å². The second kappa shape index (κ2) is 8.66. The van der Waals surface area contributed by atoms with Crippen molar-refractivity contribution in [3.05, 3.63) is 35.1 Å². The Hall–Kier alpha value is -2.61. The van der Waals surface area contributed by atoms with Crippen LogP contribution >= 0.6 is 11.6 Å². The molecule has 0 atom stereocenters. The van der Waals surface area contributed by atoms with Gasteiger partial charge in [0, 0.05) is 23.8 Å². The van der Waals surface area contributed by atoms with Crippen molar-refractivity contribution in [1.82, 2.24) is 20.3 Å². The third-order valence-electron chi connectivity index (χ3n) is 3.96. The van der Waals surface area contributed by atoms with Gasteiger partial charge >= 0.3 is 12.0 Å². The van der Waals surface area contributed by atoms with Crippen LogP contribution in [0.5, 0.6) is 6.01 Å². The van der Waals surface area contributed by atoms with E-state index in [4.69, 9.17) is 16.3 Å². The lowest BCUT2D eigenvalue weighted by atomic mass is 10.1. The molecule has 2 N–H and O–H groups in total. The highest BCUT2D eigenvalue weighted by atomic mass is 35.5. The number of halogens is 1. The van der Waals surface area contributed by atoms with Gasteiger partial charge in [0.15, 0.2) is 5.82 Å². The molecular formula is C17H21ClN6O2. The second-order valence-corrected chi connectivity index (χ2v) is 6.34. The topological polar surface area (TPSA) is 92.3 Å². The number of benzene rings is 1. The zero-order valence-electron chi connectivity index (χ0n) is 14.5. The molecule has 26 heavy (non-hydrogen) atoms. The summed E-state index contributed by atoms with van der Waals surface area (Å²) in [7, 11) is 1.51. The minimum absolute atomic E-state index is 0.159. The highest BCUT2D eigenvalue weighted by molar-refractivity contribution is 6.30. The van der Waals surface area contributed by atoms with Gasteiger partial charge in [-0.3, -0.25) is 0 Å². The first-order valence-electron chi connectivity index (χ1n) is 8.48. The zero-order chi connectivity index (χ0) is 18.4. The van der Waals surface area contributed by atoms with Crippen molar-refractivity contribution in [1.29, 1.82) is 0 Å². The van der Waals surface area contributed by atoms with Crippen LogP contribution in [-0.4, -0.2) is 41.2 Å². The summed E-state index contributed by atoms with van der Waals surface area (Å²) in [5, 5.41) is 5.99. The molecule has 8 nitrogen and oxygen atoms in total. The fourth-order valence-electron chi connectivity index (χ4n) is 2.69. The van der Waals surface area contributed by atoms with E-state index in [0.717, 1.165) is 25.9 Å². The number of aromatic nitrogens is 3. The Bertz CT molecular complexity index is 767. The van der Waals surface area contributed by atoms with E-state index < -0.39 is 0 Å². The molecule has 0 spiro atoms. The summed E-state index contributed by atoms with van der Waals surface area (Å²) >= 11 is 5.91. The number of nitrogens with zero attached hydrogens (tertiary/aromatic N) is 4. The van der Waals surface area contributed by atoms with E-state index in [1.807, 2.05) is 0 Å². The molecule has 0 radical (unpaired) electrons. The van der Waals surface area contributed by atoms with Crippen molar-refractivity contribution in [2.75, 3.05) is 30.4 Å². The van der Waals surface area contributed by atoms with Gasteiger partial charge in [0.1, 0.15) is 0 Å². The van der Waals surface area contributed by atoms with E-state index in [9.17, 15) is 4.79 Å². The van der Waals surface area contributed by atoms with Gasteiger partial charge in [-0.05, 0) is 37.5 Å². The lowest BCUT2D eigenvalue weighted by molar-refractivity contribution is 0.251. The molecule has 1 aromatic carbocycles. The molecule has 0 aliphatic carbocycles. The number of piperidine rings is 1. The standard InChI is InChI=1S/C17H21ClN6O2/c1-26-17-22-14(21-15(23-17)24-8-3-2-4-9-24)11-19-16(25)20-13-7-5-6-12(18)10-13/h5-7,10H,2-4,8-9,11H2,1H3,(H2,19,20,25). The zero-order valence-corrected chi connectivity index (χ0v) is 15.3. The predicted octanol–water partition coefficient (Wildman–Crippen LogP) is 2.85. The fourth-order valence-corrected chi connectivity index (χ4v) is 2.88.